The van der Waals surface area contributed by atoms with Gasteiger partial charge in [0.15, 0.2) is 0 Å². The van der Waals surface area contributed by atoms with Gasteiger partial charge in [-0.25, -0.2) is 0 Å². The minimum Gasteiger partial charge on any atom is -0.465 e. The number of ether oxygens (including phenoxy) is 2. The van der Waals surface area contributed by atoms with Crippen LogP contribution >= 0.6 is 0 Å². The van der Waals surface area contributed by atoms with Crippen molar-refractivity contribution in [2.75, 3.05) is 13.2 Å². The molecule has 21 heavy (non-hydrogen) atoms. The van der Waals surface area contributed by atoms with E-state index in [-0.39, 0.29) is 24.1 Å². The summed E-state index contributed by atoms with van der Waals surface area (Å²) in [6, 6.07) is 9.57. The number of hydrogen-bond acceptors (Lipinski definition) is 5. The standard InChI is InChI=1S/C16H21NO4/c1-3-20-16(19)15-9-14(21-12(2)18)11-17(15)10-13-7-5-4-6-8-13/h4-8,14-15H,3,9-11H2,1-2H3/t14-,15-/m0/s1. The molecule has 0 unspecified atom stereocenters. The summed E-state index contributed by atoms with van der Waals surface area (Å²) in [4.78, 5) is 25.2. The SMILES string of the molecule is CCOC(=O)[C@@H]1C[C@H](OC(C)=O)CN1Cc1ccccc1. The first-order valence-corrected chi connectivity index (χ1v) is 7.22. The molecule has 1 aliphatic rings. The molecule has 1 saturated heterocycles. The third-order valence-electron chi connectivity index (χ3n) is 3.48. The van der Waals surface area contributed by atoms with Gasteiger partial charge in [0.1, 0.15) is 12.1 Å². The second-order valence-electron chi connectivity index (χ2n) is 5.15. The molecule has 0 aromatic heterocycles. The molecule has 114 valence electrons. The van der Waals surface area contributed by atoms with Gasteiger partial charge >= 0.3 is 11.9 Å². The summed E-state index contributed by atoms with van der Waals surface area (Å²) in [6.45, 7) is 4.73. The fraction of sp³-hybridized carbons (Fsp3) is 0.500. The average molecular weight is 291 g/mol. The molecule has 0 amide bonds. The summed E-state index contributed by atoms with van der Waals surface area (Å²) in [5, 5.41) is 0. The molecule has 0 spiro atoms. The van der Waals surface area contributed by atoms with Crippen LogP contribution in [0, 0.1) is 0 Å². The fourth-order valence-electron chi connectivity index (χ4n) is 2.66. The maximum Gasteiger partial charge on any atom is 0.323 e. The zero-order valence-electron chi connectivity index (χ0n) is 12.5. The predicted octanol–water partition coefficient (Wildman–Crippen LogP) is 1.76. The van der Waals surface area contributed by atoms with Gasteiger partial charge in [0.25, 0.3) is 0 Å². The van der Waals surface area contributed by atoms with E-state index in [0.29, 0.717) is 26.1 Å². The van der Waals surface area contributed by atoms with Crippen molar-refractivity contribution in [3.05, 3.63) is 35.9 Å². The Bertz CT molecular complexity index is 488. The van der Waals surface area contributed by atoms with E-state index in [4.69, 9.17) is 9.47 Å². The van der Waals surface area contributed by atoms with E-state index < -0.39 is 0 Å². The van der Waals surface area contributed by atoms with Crippen LogP contribution < -0.4 is 0 Å². The zero-order valence-corrected chi connectivity index (χ0v) is 12.5. The molecule has 1 aliphatic heterocycles. The topological polar surface area (TPSA) is 55.8 Å². The number of rotatable bonds is 5. The molecule has 0 saturated carbocycles. The van der Waals surface area contributed by atoms with Crippen molar-refractivity contribution in [1.29, 1.82) is 0 Å². The maximum atomic E-state index is 12.1. The average Bonchev–Trinajstić information content (AvgIpc) is 2.82. The van der Waals surface area contributed by atoms with Gasteiger partial charge in [0, 0.05) is 26.4 Å². The molecule has 2 rings (SSSR count). The Kier molecular flexibility index (Phi) is 5.33. The van der Waals surface area contributed by atoms with Crippen molar-refractivity contribution in [1.82, 2.24) is 4.90 Å². The number of nitrogens with zero attached hydrogens (tertiary/aromatic N) is 1. The molecule has 5 heteroatoms. The summed E-state index contributed by atoms with van der Waals surface area (Å²) < 4.78 is 10.4. The Morgan fingerprint density at radius 2 is 2.00 bits per heavy atom. The van der Waals surface area contributed by atoms with Crippen LogP contribution in [-0.2, 0) is 25.6 Å². The van der Waals surface area contributed by atoms with Crippen LogP contribution in [0.2, 0.25) is 0 Å². The molecule has 0 radical (unpaired) electrons. The van der Waals surface area contributed by atoms with E-state index in [1.54, 1.807) is 6.92 Å². The Hall–Kier alpha value is -1.88. The highest BCUT2D eigenvalue weighted by Crippen LogP contribution is 2.24. The lowest BCUT2D eigenvalue weighted by atomic mass is 10.1. The molecule has 0 bridgehead atoms. The van der Waals surface area contributed by atoms with E-state index in [2.05, 4.69) is 0 Å². The van der Waals surface area contributed by atoms with Gasteiger partial charge in [-0.15, -0.1) is 0 Å². The quantitative estimate of drug-likeness (QED) is 0.774. The summed E-state index contributed by atoms with van der Waals surface area (Å²) in [6.07, 6.45) is 0.242. The molecule has 1 aromatic rings. The van der Waals surface area contributed by atoms with E-state index in [9.17, 15) is 9.59 Å². The first-order chi connectivity index (χ1) is 10.1. The Balaban J connectivity index is 2.07. The van der Waals surface area contributed by atoms with Gasteiger partial charge in [0.05, 0.1) is 6.61 Å². The van der Waals surface area contributed by atoms with Crippen LogP contribution in [0.15, 0.2) is 30.3 Å². The number of likely N-dealkylation sites (tertiary alicyclic amines) is 1. The summed E-state index contributed by atoms with van der Waals surface area (Å²) >= 11 is 0. The number of carbonyl (C=O) groups is 2. The molecule has 5 nitrogen and oxygen atoms in total. The maximum absolute atomic E-state index is 12.1. The molecule has 1 aromatic carbocycles. The molecule has 1 fully saturated rings. The van der Waals surface area contributed by atoms with Crippen LogP contribution in [0.4, 0.5) is 0 Å². The van der Waals surface area contributed by atoms with Gasteiger partial charge in [-0.1, -0.05) is 30.3 Å². The number of hydrogen-bond donors (Lipinski definition) is 0. The van der Waals surface area contributed by atoms with Gasteiger partial charge in [-0.3, -0.25) is 14.5 Å². The van der Waals surface area contributed by atoms with Crippen LogP contribution in [0.25, 0.3) is 0 Å². The minimum absolute atomic E-state index is 0.247. The van der Waals surface area contributed by atoms with E-state index in [1.165, 1.54) is 6.92 Å². The fourth-order valence-corrected chi connectivity index (χ4v) is 2.66. The summed E-state index contributed by atoms with van der Waals surface area (Å²) in [5.41, 5.74) is 1.12. The molecule has 0 N–H and O–H groups in total. The van der Waals surface area contributed by atoms with Crippen molar-refractivity contribution < 1.29 is 19.1 Å². The van der Waals surface area contributed by atoms with Gasteiger partial charge < -0.3 is 9.47 Å². The van der Waals surface area contributed by atoms with E-state index >= 15 is 0 Å². The first kappa shape index (κ1) is 15.5. The highest BCUT2D eigenvalue weighted by molar-refractivity contribution is 5.76. The van der Waals surface area contributed by atoms with E-state index in [1.807, 2.05) is 35.2 Å². The second-order valence-corrected chi connectivity index (χ2v) is 5.15. The smallest absolute Gasteiger partial charge is 0.323 e. The summed E-state index contributed by atoms with van der Waals surface area (Å²) in [7, 11) is 0. The van der Waals surface area contributed by atoms with Crippen molar-refractivity contribution in [3.8, 4) is 0 Å². The van der Waals surface area contributed by atoms with Crippen LogP contribution in [-0.4, -0.2) is 42.1 Å². The lowest BCUT2D eigenvalue weighted by Gasteiger charge is -2.22. The van der Waals surface area contributed by atoms with Gasteiger partial charge in [0.2, 0.25) is 0 Å². The molecule has 0 aliphatic carbocycles. The number of carbonyl (C=O) groups excluding carboxylic acids is 2. The highest BCUT2D eigenvalue weighted by atomic mass is 16.5. The van der Waals surface area contributed by atoms with Crippen molar-refractivity contribution >= 4 is 11.9 Å². The van der Waals surface area contributed by atoms with E-state index in [0.717, 1.165) is 5.56 Å². The van der Waals surface area contributed by atoms with Crippen LogP contribution in [0.3, 0.4) is 0 Å². The van der Waals surface area contributed by atoms with Crippen LogP contribution in [0.5, 0.6) is 0 Å². The third kappa shape index (κ3) is 4.29. The van der Waals surface area contributed by atoms with Gasteiger partial charge in [-0.05, 0) is 12.5 Å². The molecular weight excluding hydrogens is 270 g/mol. The minimum atomic E-state index is -0.352. The predicted molar refractivity (Wildman–Crippen MR) is 77.4 cm³/mol. The largest absolute Gasteiger partial charge is 0.465 e. The molecular formula is C16H21NO4. The van der Waals surface area contributed by atoms with Gasteiger partial charge in [-0.2, -0.15) is 0 Å². The second kappa shape index (κ2) is 7.22. The normalized spacial score (nSPS) is 22.0. The number of benzene rings is 1. The summed E-state index contributed by atoms with van der Waals surface area (Å²) in [5.74, 6) is -0.563. The van der Waals surface area contributed by atoms with Crippen molar-refractivity contribution in [2.24, 2.45) is 0 Å². The zero-order chi connectivity index (χ0) is 15.2. The molecule has 2 atom stereocenters. The third-order valence-corrected chi connectivity index (χ3v) is 3.48. The Morgan fingerprint density at radius 1 is 1.29 bits per heavy atom. The lowest BCUT2D eigenvalue weighted by Crippen LogP contribution is -2.36. The Morgan fingerprint density at radius 3 is 2.62 bits per heavy atom. The highest BCUT2D eigenvalue weighted by Gasteiger charge is 2.39. The van der Waals surface area contributed by atoms with Crippen LogP contribution in [0.1, 0.15) is 25.8 Å². The first-order valence-electron chi connectivity index (χ1n) is 7.22. The number of esters is 2. The monoisotopic (exact) mass is 291 g/mol. The van der Waals surface area contributed by atoms with Crippen molar-refractivity contribution in [3.63, 3.8) is 0 Å². The van der Waals surface area contributed by atoms with Crippen molar-refractivity contribution in [2.45, 2.75) is 39.0 Å². The molecule has 1 heterocycles. The Labute approximate surface area is 124 Å². The lowest BCUT2D eigenvalue weighted by molar-refractivity contribution is -0.149.